The standard InChI is InChI=1S/C14H25N3/c1-6-14(15-4)12(3)17(5)10-13-9-7-8-11(2)16-13/h7-9,12,14-15H,6,10H2,1-5H3. The van der Waals surface area contributed by atoms with Crippen molar-refractivity contribution in [2.75, 3.05) is 14.1 Å². The van der Waals surface area contributed by atoms with Gasteiger partial charge in [0.2, 0.25) is 0 Å². The predicted molar refractivity (Wildman–Crippen MR) is 73.0 cm³/mol. The van der Waals surface area contributed by atoms with Gasteiger partial charge in [-0.15, -0.1) is 0 Å². The molecule has 1 heterocycles. The fourth-order valence-electron chi connectivity index (χ4n) is 2.18. The molecular weight excluding hydrogens is 210 g/mol. The lowest BCUT2D eigenvalue weighted by Gasteiger charge is -2.31. The second kappa shape index (κ2) is 6.72. The van der Waals surface area contributed by atoms with E-state index < -0.39 is 0 Å². The maximum atomic E-state index is 4.54. The zero-order chi connectivity index (χ0) is 12.8. The Labute approximate surface area is 105 Å². The smallest absolute Gasteiger partial charge is 0.0547 e. The van der Waals surface area contributed by atoms with Crippen molar-refractivity contribution in [2.45, 2.75) is 45.8 Å². The van der Waals surface area contributed by atoms with E-state index in [9.17, 15) is 0 Å². The third-order valence-electron chi connectivity index (χ3n) is 3.45. The first-order valence-corrected chi connectivity index (χ1v) is 6.38. The molecule has 1 aromatic heterocycles. The van der Waals surface area contributed by atoms with Crippen LogP contribution < -0.4 is 5.32 Å². The summed E-state index contributed by atoms with van der Waals surface area (Å²) in [6.07, 6.45) is 1.14. The molecular formula is C14H25N3. The number of aromatic nitrogens is 1. The summed E-state index contributed by atoms with van der Waals surface area (Å²) in [5, 5.41) is 3.37. The van der Waals surface area contributed by atoms with Crippen molar-refractivity contribution in [3.8, 4) is 0 Å². The molecule has 0 saturated heterocycles. The van der Waals surface area contributed by atoms with Crippen molar-refractivity contribution < 1.29 is 0 Å². The zero-order valence-corrected chi connectivity index (χ0v) is 11.7. The van der Waals surface area contributed by atoms with Crippen LogP contribution >= 0.6 is 0 Å². The summed E-state index contributed by atoms with van der Waals surface area (Å²) < 4.78 is 0. The van der Waals surface area contributed by atoms with Crippen molar-refractivity contribution >= 4 is 0 Å². The lowest BCUT2D eigenvalue weighted by Crippen LogP contribution is -2.45. The zero-order valence-electron chi connectivity index (χ0n) is 11.7. The minimum atomic E-state index is 0.507. The second-order valence-electron chi connectivity index (χ2n) is 4.73. The maximum Gasteiger partial charge on any atom is 0.0547 e. The molecule has 0 aliphatic rings. The Kier molecular flexibility index (Phi) is 5.59. The number of rotatable bonds is 6. The van der Waals surface area contributed by atoms with Gasteiger partial charge in [0.15, 0.2) is 0 Å². The molecule has 0 bridgehead atoms. The quantitative estimate of drug-likeness (QED) is 0.819. The Morgan fingerprint density at radius 1 is 1.41 bits per heavy atom. The van der Waals surface area contributed by atoms with E-state index in [-0.39, 0.29) is 0 Å². The third-order valence-corrected chi connectivity index (χ3v) is 3.45. The largest absolute Gasteiger partial charge is 0.315 e. The Bertz CT molecular complexity index is 334. The molecule has 3 heteroatoms. The molecule has 2 unspecified atom stereocenters. The molecule has 0 fully saturated rings. The number of aryl methyl sites for hydroxylation is 1. The fraction of sp³-hybridized carbons (Fsp3) is 0.643. The highest BCUT2D eigenvalue weighted by molar-refractivity contribution is 5.09. The van der Waals surface area contributed by atoms with Crippen LogP contribution in [0, 0.1) is 6.92 Å². The van der Waals surface area contributed by atoms with Gasteiger partial charge in [-0.2, -0.15) is 0 Å². The van der Waals surface area contributed by atoms with Crippen LogP contribution in [0.15, 0.2) is 18.2 Å². The third kappa shape index (κ3) is 4.10. The van der Waals surface area contributed by atoms with Crippen molar-refractivity contribution in [2.24, 2.45) is 0 Å². The highest BCUT2D eigenvalue weighted by Gasteiger charge is 2.18. The Balaban J connectivity index is 2.62. The van der Waals surface area contributed by atoms with Crippen LogP contribution in [-0.4, -0.2) is 36.1 Å². The van der Waals surface area contributed by atoms with Crippen LogP contribution in [0.4, 0.5) is 0 Å². The summed E-state index contributed by atoms with van der Waals surface area (Å²) >= 11 is 0. The Morgan fingerprint density at radius 2 is 2.12 bits per heavy atom. The van der Waals surface area contributed by atoms with Crippen LogP contribution in [0.5, 0.6) is 0 Å². The molecule has 0 spiro atoms. The van der Waals surface area contributed by atoms with Crippen molar-refractivity contribution in [1.82, 2.24) is 15.2 Å². The van der Waals surface area contributed by atoms with Gasteiger partial charge in [-0.1, -0.05) is 13.0 Å². The highest BCUT2D eigenvalue weighted by Crippen LogP contribution is 2.09. The van der Waals surface area contributed by atoms with Crippen molar-refractivity contribution in [3.63, 3.8) is 0 Å². The minimum Gasteiger partial charge on any atom is -0.315 e. The van der Waals surface area contributed by atoms with Gasteiger partial charge in [0.05, 0.1) is 5.69 Å². The first-order chi connectivity index (χ1) is 8.08. The summed E-state index contributed by atoms with van der Waals surface area (Å²) in [7, 11) is 4.19. The summed E-state index contributed by atoms with van der Waals surface area (Å²) in [6.45, 7) is 7.42. The molecule has 0 saturated carbocycles. The molecule has 3 nitrogen and oxygen atoms in total. The van der Waals surface area contributed by atoms with E-state index in [1.54, 1.807) is 0 Å². The van der Waals surface area contributed by atoms with Crippen LogP contribution in [0.2, 0.25) is 0 Å². The average molecular weight is 235 g/mol. The van der Waals surface area contributed by atoms with Crippen LogP contribution in [0.1, 0.15) is 31.7 Å². The number of pyridine rings is 1. The molecule has 1 N–H and O–H groups in total. The van der Waals surface area contributed by atoms with Gasteiger partial charge in [-0.25, -0.2) is 0 Å². The monoisotopic (exact) mass is 235 g/mol. The Hall–Kier alpha value is -0.930. The molecule has 0 aromatic carbocycles. The summed E-state index contributed by atoms with van der Waals surface area (Å²) in [5.74, 6) is 0. The summed E-state index contributed by atoms with van der Waals surface area (Å²) in [6, 6.07) is 7.24. The molecule has 17 heavy (non-hydrogen) atoms. The van der Waals surface area contributed by atoms with Gasteiger partial charge in [-0.05, 0) is 46.5 Å². The van der Waals surface area contributed by atoms with E-state index in [2.05, 4.69) is 48.2 Å². The number of hydrogen-bond acceptors (Lipinski definition) is 3. The van der Waals surface area contributed by atoms with Crippen molar-refractivity contribution in [1.29, 1.82) is 0 Å². The van der Waals surface area contributed by atoms with Gasteiger partial charge in [-0.3, -0.25) is 9.88 Å². The van der Waals surface area contributed by atoms with Crippen LogP contribution in [0.3, 0.4) is 0 Å². The number of likely N-dealkylation sites (N-methyl/N-ethyl adjacent to an activating group) is 2. The minimum absolute atomic E-state index is 0.507. The van der Waals surface area contributed by atoms with E-state index in [1.807, 2.05) is 20.0 Å². The number of nitrogens with one attached hydrogen (secondary N) is 1. The highest BCUT2D eigenvalue weighted by atomic mass is 15.2. The molecule has 1 rings (SSSR count). The number of nitrogens with zero attached hydrogens (tertiary/aromatic N) is 2. The van der Waals surface area contributed by atoms with Crippen LogP contribution in [-0.2, 0) is 6.54 Å². The SMILES string of the molecule is CCC(NC)C(C)N(C)Cc1cccc(C)n1. The second-order valence-corrected chi connectivity index (χ2v) is 4.73. The van der Waals surface area contributed by atoms with E-state index in [4.69, 9.17) is 0 Å². The molecule has 1 aromatic rings. The normalized spacial score (nSPS) is 14.9. The van der Waals surface area contributed by atoms with Crippen molar-refractivity contribution in [3.05, 3.63) is 29.6 Å². The molecule has 0 radical (unpaired) electrons. The average Bonchev–Trinajstić information content (AvgIpc) is 2.30. The van der Waals surface area contributed by atoms with E-state index in [0.717, 1.165) is 24.4 Å². The molecule has 0 amide bonds. The van der Waals surface area contributed by atoms with E-state index >= 15 is 0 Å². The van der Waals surface area contributed by atoms with Gasteiger partial charge in [0.25, 0.3) is 0 Å². The summed E-state index contributed by atoms with van der Waals surface area (Å²) in [4.78, 5) is 6.90. The lowest BCUT2D eigenvalue weighted by atomic mass is 10.1. The van der Waals surface area contributed by atoms with E-state index in [0.29, 0.717) is 12.1 Å². The van der Waals surface area contributed by atoms with Gasteiger partial charge in [0.1, 0.15) is 0 Å². The topological polar surface area (TPSA) is 28.2 Å². The van der Waals surface area contributed by atoms with E-state index in [1.165, 1.54) is 0 Å². The predicted octanol–water partition coefficient (Wildman–Crippen LogP) is 2.21. The Morgan fingerprint density at radius 3 is 2.65 bits per heavy atom. The lowest BCUT2D eigenvalue weighted by molar-refractivity contribution is 0.198. The summed E-state index contributed by atoms with van der Waals surface area (Å²) in [5.41, 5.74) is 2.23. The molecule has 2 atom stereocenters. The van der Waals surface area contributed by atoms with Gasteiger partial charge in [0, 0.05) is 24.3 Å². The first kappa shape index (κ1) is 14.1. The van der Waals surface area contributed by atoms with Gasteiger partial charge >= 0.3 is 0 Å². The first-order valence-electron chi connectivity index (χ1n) is 6.38. The molecule has 0 aliphatic heterocycles. The maximum absolute atomic E-state index is 4.54. The molecule has 96 valence electrons. The molecule has 0 aliphatic carbocycles. The van der Waals surface area contributed by atoms with Crippen LogP contribution in [0.25, 0.3) is 0 Å². The van der Waals surface area contributed by atoms with Gasteiger partial charge < -0.3 is 5.32 Å². The fourth-order valence-corrected chi connectivity index (χ4v) is 2.18. The number of hydrogen-bond donors (Lipinski definition) is 1.